The number of fused-ring (bicyclic) bond motifs is 1. The molecule has 2 aliphatic rings. The highest BCUT2D eigenvalue weighted by Gasteiger charge is 2.46. The van der Waals surface area contributed by atoms with E-state index in [-0.39, 0.29) is 34.7 Å². The maximum Gasteiger partial charge on any atom is 0.236 e. The van der Waals surface area contributed by atoms with Gasteiger partial charge in [0.15, 0.2) is 0 Å². The number of amidine groups is 1. The molecule has 5 nitrogen and oxygen atoms in total. The van der Waals surface area contributed by atoms with Crippen LogP contribution in [-0.2, 0) is 10.0 Å². The molecule has 0 aromatic carbocycles. The van der Waals surface area contributed by atoms with Gasteiger partial charge in [0, 0.05) is 30.1 Å². The predicted octanol–water partition coefficient (Wildman–Crippen LogP) is 4.59. The molecule has 28 heavy (non-hydrogen) atoms. The van der Waals surface area contributed by atoms with Gasteiger partial charge in [-0.1, -0.05) is 62.3 Å². The largest absolute Gasteiger partial charge is 0.332 e. The molecule has 2 rings (SSSR count). The summed E-state index contributed by atoms with van der Waals surface area (Å²) in [5, 5.41) is 0.570. The Morgan fingerprint density at radius 1 is 1.07 bits per heavy atom. The maximum absolute atomic E-state index is 12.4. The van der Waals surface area contributed by atoms with Gasteiger partial charge < -0.3 is 4.90 Å². The molecule has 0 spiro atoms. The van der Waals surface area contributed by atoms with Gasteiger partial charge in [-0.2, -0.15) is 0 Å². The number of sulfonamides is 1. The zero-order valence-corrected chi connectivity index (χ0v) is 19.5. The molecular formula is C21H36FN3O2S. The molecule has 2 unspecified atom stereocenters. The number of nitrogens with one attached hydrogen (secondary N) is 1. The molecule has 1 saturated heterocycles. The lowest BCUT2D eigenvalue weighted by Crippen LogP contribution is -2.47. The molecule has 0 saturated carbocycles. The van der Waals surface area contributed by atoms with Crippen LogP contribution in [0.1, 0.15) is 68.7 Å². The van der Waals surface area contributed by atoms with Gasteiger partial charge in [0.05, 0.1) is 17.8 Å². The van der Waals surface area contributed by atoms with E-state index in [4.69, 9.17) is 4.99 Å². The van der Waals surface area contributed by atoms with Crippen molar-refractivity contribution in [1.29, 1.82) is 0 Å². The average molecular weight is 414 g/mol. The third-order valence-electron chi connectivity index (χ3n) is 5.12. The van der Waals surface area contributed by atoms with Gasteiger partial charge in [-0.05, 0) is 16.4 Å². The number of aliphatic imine (C=N–C) groups is 1. The highest BCUT2D eigenvalue weighted by molar-refractivity contribution is 7.92. The first-order valence-electron chi connectivity index (χ1n) is 9.86. The molecule has 160 valence electrons. The van der Waals surface area contributed by atoms with Crippen molar-refractivity contribution in [3.8, 4) is 0 Å². The SMILES string of the molecule is CC(C)(C)C1=NC(C(C)(C)C)C(C(C)(C)C)=C2CC(NS(=O)(=O)/C=C/F)CN12. The summed E-state index contributed by atoms with van der Waals surface area (Å²) in [4.78, 5) is 7.41. The van der Waals surface area contributed by atoms with E-state index in [1.165, 1.54) is 5.57 Å². The molecule has 7 heteroatoms. The third kappa shape index (κ3) is 4.85. The van der Waals surface area contributed by atoms with Crippen molar-refractivity contribution in [1.82, 2.24) is 9.62 Å². The monoisotopic (exact) mass is 413 g/mol. The summed E-state index contributed by atoms with van der Waals surface area (Å²) in [6, 6.07) is -0.297. The van der Waals surface area contributed by atoms with E-state index in [0.717, 1.165) is 11.5 Å². The summed E-state index contributed by atoms with van der Waals surface area (Å²) in [6.45, 7) is 20.1. The quantitative estimate of drug-likeness (QED) is 0.736. The average Bonchev–Trinajstić information content (AvgIpc) is 2.83. The Labute approximate surface area is 170 Å². The Kier molecular flexibility index (Phi) is 5.97. The molecule has 2 heterocycles. The van der Waals surface area contributed by atoms with Crippen molar-refractivity contribution in [2.24, 2.45) is 21.2 Å². The van der Waals surface area contributed by atoms with E-state index in [1.54, 1.807) is 0 Å². The van der Waals surface area contributed by atoms with Crippen molar-refractivity contribution < 1.29 is 12.8 Å². The van der Waals surface area contributed by atoms with Crippen LogP contribution in [0.3, 0.4) is 0 Å². The van der Waals surface area contributed by atoms with Crippen molar-refractivity contribution in [2.45, 2.75) is 80.8 Å². The summed E-state index contributed by atoms with van der Waals surface area (Å²) in [5.74, 6) is 0.984. The molecule has 1 fully saturated rings. The normalized spacial score (nSPS) is 24.8. The first-order valence-corrected chi connectivity index (χ1v) is 11.4. The van der Waals surface area contributed by atoms with Crippen molar-refractivity contribution in [2.75, 3.05) is 6.54 Å². The van der Waals surface area contributed by atoms with Gasteiger partial charge in [-0.3, -0.25) is 4.99 Å². The molecule has 0 aliphatic carbocycles. The maximum atomic E-state index is 12.4. The summed E-state index contributed by atoms with van der Waals surface area (Å²) in [6.07, 6.45) is 0.635. The summed E-state index contributed by atoms with van der Waals surface area (Å²) in [7, 11) is -3.80. The fourth-order valence-corrected chi connectivity index (χ4v) is 4.95. The first kappa shape index (κ1) is 23.1. The van der Waals surface area contributed by atoms with Crippen LogP contribution in [0.4, 0.5) is 4.39 Å². The predicted molar refractivity (Wildman–Crippen MR) is 114 cm³/mol. The highest BCUT2D eigenvalue weighted by atomic mass is 32.2. The van der Waals surface area contributed by atoms with Gasteiger partial charge in [-0.15, -0.1) is 0 Å². The van der Waals surface area contributed by atoms with E-state index < -0.39 is 10.0 Å². The highest BCUT2D eigenvalue weighted by Crippen LogP contribution is 2.47. The van der Waals surface area contributed by atoms with Gasteiger partial charge in [0.2, 0.25) is 10.0 Å². The van der Waals surface area contributed by atoms with E-state index in [9.17, 15) is 12.8 Å². The Morgan fingerprint density at radius 2 is 1.64 bits per heavy atom. The van der Waals surface area contributed by atoms with Gasteiger partial charge in [0.25, 0.3) is 0 Å². The molecule has 2 atom stereocenters. The number of rotatable bonds is 3. The summed E-state index contributed by atoms with van der Waals surface area (Å²) < 4.78 is 39.2. The molecule has 0 aromatic heterocycles. The Bertz CT molecular complexity index is 806. The van der Waals surface area contributed by atoms with Gasteiger partial charge in [-0.25, -0.2) is 17.5 Å². The second kappa shape index (κ2) is 7.24. The summed E-state index contributed by atoms with van der Waals surface area (Å²) >= 11 is 0. The van der Waals surface area contributed by atoms with Crippen molar-refractivity contribution in [3.63, 3.8) is 0 Å². The minimum absolute atomic E-state index is 0.0223. The zero-order chi connectivity index (χ0) is 21.7. The van der Waals surface area contributed by atoms with Crippen LogP contribution in [0.25, 0.3) is 0 Å². The van der Waals surface area contributed by atoms with Crippen molar-refractivity contribution in [3.05, 3.63) is 23.0 Å². The number of nitrogens with zero attached hydrogens (tertiary/aromatic N) is 2. The molecular weight excluding hydrogens is 377 g/mol. The van der Waals surface area contributed by atoms with Crippen LogP contribution in [0.15, 0.2) is 28.0 Å². The lowest BCUT2D eigenvalue weighted by Gasteiger charge is -2.45. The minimum atomic E-state index is -3.80. The molecule has 0 bridgehead atoms. The Morgan fingerprint density at radius 3 is 2.07 bits per heavy atom. The second-order valence-corrected chi connectivity index (χ2v) is 12.6. The fourth-order valence-electron chi connectivity index (χ4n) is 4.11. The van der Waals surface area contributed by atoms with E-state index in [2.05, 4.69) is 71.9 Å². The third-order valence-corrected chi connectivity index (χ3v) is 6.24. The minimum Gasteiger partial charge on any atom is -0.332 e. The molecule has 0 amide bonds. The van der Waals surface area contributed by atoms with Crippen LogP contribution in [-0.4, -0.2) is 37.8 Å². The number of hydrogen-bond acceptors (Lipinski definition) is 4. The van der Waals surface area contributed by atoms with E-state index in [1.807, 2.05) is 0 Å². The van der Waals surface area contributed by atoms with Crippen LogP contribution in [0.2, 0.25) is 0 Å². The number of halogens is 1. The molecule has 0 aromatic rings. The lowest BCUT2D eigenvalue weighted by atomic mass is 9.70. The first-order chi connectivity index (χ1) is 12.5. The molecule has 0 radical (unpaired) electrons. The standard InChI is InChI=1S/C21H36FN3O2S/c1-19(2,3)16-15-12-14(24-28(26,27)11-10-22)13-25(15)18(21(7,8)9)23-17(16)20(4,5)6/h10-11,14,17,24H,12-13H2,1-9H3/b11-10+. The van der Waals surface area contributed by atoms with Crippen LogP contribution in [0, 0.1) is 16.2 Å². The van der Waals surface area contributed by atoms with E-state index in [0.29, 0.717) is 18.4 Å². The van der Waals surface area contributed by atoms with Crippen LogP contribution in [0.5, 0.6) is 0 Å². The molecule has 2 aliphatic heterocycles. The topological polar surface area (TPSA) is 61.8 Å². The second-order valence-electron chi connectivity index (χ2n) is 11.0. The van der Waals surface area contributed by atoms with Crippen molar-refractivity contribution >= 4 is 15.9 Å². The van der Waals surface area contributed by atoms with Gasteiger partial charge >= 0.3 is 0 Å². The smallest absolute Gasteiger partial charge is 0.236 e. The molecule has 1 N–H and O–H groups in total. The van der Waals surface area contributed by atoms with E-state index >= 15 is 0 Å². The van der Waals surface area contributed by atoms with Gasteiger partial charge in [0.1, 0.15) is 5.84 Å². The zero-order valence-electron chi connectivity index (χ0n) is 18.7. The number of hydrogen-bond donors (Lipinski definition) is 1. The van der Waals surface area contributed by atoms with Crippen LogP contribution < -0.4 is 4.72 Å². The Balaban J connectivity index is 2.60. The Hall–Kier alpha value is -1.21. The lowest BCUT2D eigenvalue weighted by molar-refractivity contribution is 0.285. The van der Waals surface area contributed by atoms with Crippen LogP contribution >= 0.6 is 0 Å². The fraction of sp³-hybridized carbons (Fsp3) is 0.762. The summed E-state index contributed by atoms with van der Waals surface area (Å²) in [5.41, 5.74) is 2.07.